The summed E-state index contributed by atoms with van der Waals surface area (Å²) in [4.78, 5) is 0. The second-order valence-corrected chi connectivity index (χ2v) is 5.31. The molecule has 0 fully saturated rings. The minimum atomic E-state index is 0.370. The zero-order chi connectivity index (χ0) is 12.3. The molecule has 0 amide bonds. The topological polar surface area (TPSA) is 24.1 Å². The Morgan fingerprint density at radius 1 is 1.24 bits per heavy atom. The van der Waals surface area contributed by atoms with E-state index < -0.39 is 0 Å². The van der Waals surface area contributed by atoms with Gasteiger partial charge in [0.2, 0.25) is 0 Å². The van der Waals surface area contributed by atoms with Gasteiger partial charge < -0.3 is 10.6 Å². The van der Waals surface area contributed by atoms with Gasteiger partial charge in [0.15, 0.2) is 5.11 Å². The van der Waals surface area contributed by atoms with Gasteiger partial charge in [0.1, 0.15) is 0 Å². The van der Waals surface area contributed by atoms with E-state index in [0.717, 1.165) is 5.11 Å². The maximum Gasteiger partial charge on any atom is 0.170 e. The van der Waals surface area contributed by atoms with Crippen LogP contribution >= 0.6 is 12.2 Å². The van der Waals surface area contributed by atoms with Crippen molar-refractivity contribution in [2.75, 3.05) is 5.32 Å². The Morgan fingerprint density at radius 2 is 2.00 bits per heavy atom. The first kappa shape index (κ1) is 12.4. The molecule has 1 aliphatic carbocycles. The number of nitrogens with one attached hydrogen (secondary N) is 2. The summed E-state index contributed by atoms with van der Waals surface area (Å²) in [5, 5.41) is 7.26. The third-order valence-electron chi connectivity index (χ3n) is 3.06. The highest BCUT2D eigenvalue weighted by Crippen LogP contribution is 2.27. The van der Waals surface area contributed by atoms with E-state index in [0.29, 0.717) is 6.04 Å². The molecule has 0 heterocycles. The van der Waals surface area contributed by atoms with Crippen molar-refractivity contribution in [3.05, 3.63) is 29.3 Å². The number of hydrogen-bond donors (Lipinski definition) is 2. The summed E-state index contributed by atoms with van der Waals surface area (Å²) in [7, 11) is 0. The first-order valence-corrected chi connectivity index (χ1v) is 6.76. The maximum absolute atomic E-state index is 5.30. The Hall–Kier alpha value is -1.09. The minimum Gasteiger partial charge on any atom is -0.360 e. The van der Waals surface area contributed by atoms with Crippen molar-refractivity contribution < 1.29 is 0 Å². The first-order valence-electron chi connectivity index (χ1n) is 6.35. The quantitative estimate of drug-likeness (QED) is 0.786. The van der Waals surface area contributed by atoms with E-state index in [1.54, 1.807) is 0 Å². The third kappa shape index (κ3) is 3.19. The van der Waals surface area contributed by atoms with Crippen LogP contribution in [0.3, 0.4) is 0 Å². The predicted octanol–water partition coefficient (Wildman–Crippen LogP) is 3.26. The summed E-state index contributed by atoms with van der Waals surface area (Å²) in [5.41, 5.74) is 4.11. The summed E-state index contributed by atoms with van der Waals surface area (Å²) in [6.45, 7) is 4.18. The molecule has 0 aromatic heterocycles. The van der Waals surface area contributed by atoms with Crippen LogP contribution in [0.5, 0.6) is 0 Å². The van der Waals surface area contributed by atoms with Crippen molar-refractivity contribution in [3.8, 4) is 0 Å². The van der Waals surface area contributed by atoms with Crippen molar-refractivity contribution in [2.24, 2.45) is 0 Å². The molecule has 3 heteroatoms. The van der Waals surface area contributed by atoms with Gasteiger partial charge in [-0.25, -0.2) is 0 Å². The molecule has 0 unspecified atom stereocenters. The molecule has 0 atom stereocenters. The van der Waals surface area contributed by atoms with Gasteiger partial charge >= 0.3 is 0 Å². The zero-order valence-corrected chi connectivity index (χ0v) is 11.4. The van der Waals surface area contributed by atoms with E-state index >= 15 is 0 Å². The lowest BCUT2D eigenvalue weighted by Gasteiger charge is -2.21. The molecule has 0 radical (unpaired) electrons. The normalized spacial score (nSPS) is 14.3. The van der Waals surface area contributed by atoms with E-state index in [-0.39, 0.29) is 0 Å². The number of thiocarbonyl (C=S) groups is 1. The smallest absolute Gasteiger partial charge is 0.170 e. The molecule has 2 N–H and O–H groups in total. The summed E-state index contributed by atoms with van der Waals surface area (Å²) >= 11 is 5.30. The predicted molar refractivity (Wildman–Crippen MR) is 77.6 cm³/mol. The van der Waals surface area contributed by atoms with Crippen LogP contribution in [-0.2, 0) is 12.8 Å². The lowest BCUT2D eigenvalue weighted by Crippen LogP contribution is -2.34. The fourth-order valence-electron chi connectivity index (χ4n) is 2.32. The second kappa shape index (κ2) is 5.50. The Morgan fingerprint density at radius 3 is 2.76 bits per heavy atom. The summed E-state index contributed by atoms with van der Waals surface area (Å²) in [6.07, 6.45) is 4.97. The maximum atomic E-state index is 5.30. The average molecular weight is 248 g/mol. The lowest BCUT2D eigenvalue weighted by molar-refractivity contribution is 0.687. The van der Waals surface area contributed by atoms with Gasteiger partial charge in [-0.3, -0.25) is 0 Å². The second-order valence-electron chi connectivity index (χ2n) is 4.90. The van der Waals surface area contributed by atoms with Gasteiger partial charge in [-0.1, -0.05) is 12.1 Å². The fourth-order valence-corrected chi connectivity index (χ4v) is 2.66. The monoisotopic (exact) mass is 248 g/mol. The minimum absolute atomic E-state index is 0.370. The number of aryl methyl sites for hydroxylation is 1. The van der Waals surface area contributed by atoms with Crippen LogP contribution in [-0.4, -0.2) is 11.2 Å². The Balaban J connectivity index is 2.13. The van der Waals surface area contributed by atoms with Gasteiger partial charge in [0.25, 0.3) is 0 Å². The molecule has 0 saturated heterocycles. The summed E-state index contributed by atoms with van der Waals surface area (Å²) < 4.78 is 0. The summed E-state index contributed by atoms with van der Waals surface area (Å²) in [6, 6.07) is 6.84. The van der Waals surface area contributed by atoms with E-state index in [1.807, 2.05) is 0 Å². The van der Waals surface area contributed by atoms with Gasteiger partial charge in [-0.15, -0.1) is 0 Å². The molecule has 1 aromatic carbocycles. The number of fused-ring (bicyclic) bond motifs is 1. The van der Waals surface area contributed by atoms with Gasteiger partial charge in [-0.2, -0.15) is 0 Å². The molecule has 0 bridgehead atoms. The van der Waals surface area contributed by atoms with E-state index in [4.69, 9.17) is 12.2 Å². The van der Waals surface area contributed by atoms with Crippen molar-refractivity contribution >= 4 is 23.0 Å². The van der Waals surface area contributed by atoms with Gasteiger partial charge in [0, 0.05) is 11.7 Å². The number of benzene rings is 1. The van der Waals surface area contributed by atoms with Crippen LogP contribution in [0.25, 0.3) is 0 Å². The molecule has 0 aliphatic heterocycles. The van der Waals surface area contributed by atoms with E-state index in [9.17, 15) is 0 Å². The van der Waals surface area contributed by atoms with Crippen LogP contribution in [0.1, 0.15) is 37.8 Å². The largest absolute Gasteiger partial charge is 0.360 e. The average Bonchev–Trinajstić information content (AvgIpc) is 2.28. The van der Waals surface area contributed by atoms with Crippen molar-refractivity contribution in [2.45, 2.75) is 45.6 Å². The van der Waals surface area contributed by atoms with Crippen LogP contribution in [0.4, 0.5) is 5.69 Å². The van der Waals surface area contributed by atoms with Crippen LogP contribution in [0.2, 0.25) is 0 Å². The number of anilines is 1. The molecule has 92 valence electrons. The molecular formula is C14H20N2S. The fraction of sp³-hybridized carbons (Fsp3) is 0.500. The number of hydrogen-bond acceptors (Lipinski definition) is 1. The Bertz CT molecular complexity index is 413. The Labute approximate surface area is 109 Å². The molecule has 0 saturated carbocycles. The summed E-state index contributed by atoms with van der Waals surface area (Å²) in [5.74, 6) is 0. The number of rotatable bonds is 2. The van der Waals surface area contributed by atoms with Crippen LogP contribution in [0.15, 0.2) is 18.2 Å². The highest BCUT2D eigenvalue weighted by atomic mass is 32.1. The van der Waals surface area contributed by atoms with Gasteiger partial charge in [0.05, 0.1) is 0 Å². The molecule has 0 spiro atoms. The zero-order valence-electron chi connectivity index (χ0n) is 10.5. The molecule has 1 aliphatic rings. The third-order valence-corrected chi connectivity index (χ3v) is 3.28. The SMILES string of the molecule is CC(C)NC(=S)Nc1cccc2c1CCCC2. The molecular weight excluding hydrogens is 228 g/mol. The van der Waals surface area contributed by atoms with E-state index in [2.05, 4.69) is 42.7 Å². The first-order chi connectivity index (χ1) is 8.16. The molecule has 1 aromatic rings. The Kier molecular flexibility index (Phi) is 4.00. The highest BCUT2D eigenvalue weighted by molar-refractivity contribution is 7.80. The van der Waals surface area contributed by atoms with Gasteiger partial charge in [-0.05, 0) is 68.9 Å². The van der Waals surface area contributed by atoms with Crippen molar-refractivity contribution in [3.63, 3.8) is 0 Å². The molecule has 2 nitrogen and oxygen atoms in total. The van der Waals surface area contributed by atoms with Crippen molar-refractivity contribution in [1.82, 2.24) is 5.32 Å². The van der Waals surface area contributed by atoms with Crippen LogP contribution in [0, 0.1) is 0 Å². The lowest BCUT2D eigenvalue weighted by atomic mass is 9.90. The highest BCUT2D eigenvalue weighted by Gasteiger charge is 2.13. The van der Waals surface area contributed by atoms with Crippen LogP contribution < -0.4 is 10.6 Å². The molecule has 2 rings (SSSR count). The van der Waals surface area contributed by atoms with E-state index in [1.165, 1.54) is 42.5 Å². The van der Waals surface area contributed by atoms with Crippen molar-refractivity contribution in [1.29, 1.82) is 0 Å². The molecule has 17 heavy (non-hydrogen) atoms. The standard InChI is InChI=1S/C14H20N2S/c1-10(2)15-14(17)16-13-9-5-7-11-6-3-4-8-12(11)13/h5,7,9-10H,3-4,6,8H2,1-2H3,(H2,15,16,17).